The van der Waals surface area contributed by atoms with E-state index in [0.717, 1.165) is 22.6 Å². The molecule has 3 aromatic rings. The number of alkyl halides is 3. The molecule has 1 heterocycles. The van der Waals surface area contributed by atoms with Gasteiger partial charge in [0, 0.05) is 13.1 Å². The van der Waals surface area contributed by atoms with E-state index >= 15 is 0 Å². The van der Waals surface area contributed by atoms with E-state index < -0.39 is 11.7 Å². The quantitative estimate of drug-likeness (QED) is 0.424. The van der Waals surface area contributed by atoms with E-state index in [1.54, 1.807) is 14.2 Å². The molecule has 0 radical (unpaired) electrons. The number of pyridine rings is 1. The van der Waals surface area contributed by atoms with Gasteiger partial charge in [0.2, 0.25) is 0 Å². The fraction of sp³-hybridized carbons (Fsp3) is 0.261. The molecule has 0 saturated heterocycles. The molecule has 0 spiro atoms. The first-order valence-corrected chi connectivity index (χ1v) is 9.84. The summed E-state index contributed by atoms with van der Waals surface area (Å²) in [7, 11) is 3.17. The maximum atomic E-state index is 13.3. The molecule has 3 rings (SSSR count). The molecule has 0 unspecified atom stereocenters. The monoisotopic (exact) mass is 450 g/mol. The SMILES string of the molecule is COc1ccc(CN(Cc2ccc(OC)cc2)c2cc(Cl)c(C(F)(F)F)c(C)n2)cc1. The number of hydrogen-bond donors (Lipinski definition) is 0. The van der Waals surface area contributed by atoms with Crippen LogP contribution in [0.15, 0.2) is 54.6 Å². The molecule has 0 bridgehead atoms. The number of aryl methyl sites for hydroxylation is 1. The average Bonchev–Trinajstić information content (AvgIpc) is 2.72. The summed E-state index contributed by atoms with van der Waals surface area (Å²) < 4.78 is 50.3. The topological polar surface area (TPSA) is 34.6 Å². The number of halogens is 4. The van der Waals surface area contributed by atoms with Gasteiger partial charge in [0.25, 0.3) is 0 Å². The number of rotatable bonds is 7. The Balaban J connectivity index is 1.97. The summed E-state index contributed by atoms with van der Waals surface area (Å²) in [6, 6.07) is 16.2. The zero-order valence-electron chi connectivity index (χ0n) is 17.3. The summed E-state index contributed by atoms with van der Waals surface area (Å²) in [6.07, 6.45) is -4.57. The van der Waals surface area contributed by atoms with Crippen molar-refractivity contribution in [3.05, 3.63) is 82.0 Å². The van der Waals surface area contributed by atoms with Gasteiger partial charge in [-0.05, 0) is 48.4 Å². The van der Waals surface area contributed by atoms with Crippen molar-refractivity contribution in [2.24, 2.45) is 0 Å². The zero-order chi connectivity index (χ0) is 22.6. The molecule has 0 aliphatic heterocycles. The fourth-order valence-corrected chi connectivity index (χ4v) is 3.58. The van der Waals surface area contributed by atoms with Crippen LogP contribution in [0.4, 0.5) is 19.0 Å². The third kappa shape index (κ3) is 5.61. The summed E-state index contributed by atoms with van der Waals surface area (Å²) in [6.45, 7) is 2.16. The maximum Gasteiger partial charge on any atom is 0.419 e. The Bertz CT molecular complexity index is 950. The number of nitrogens with zero attached hydrogens (tertiary/aromatic N) is 2. The molecule has 0 amide bonds. The van der Waals surface area contributed by atoms with Crippen LogP contribution in [0.2, 0.25) is 5.02 Å². The van der Waals surface area contributed by atoms with Gasteiger partial charge in [-0.25, -0.2) is 4.98 Å². The van der Waals surface area contributed by atoms with Crippen LogP contribution in [-0.4, -0.2) is 19.2 Å². The van der Waals surface area contributed by atoms with Crippen molar-refractivity contribution in [3.8, 4) is 11.5 Å². The van der Waals surface area contributed by atoms with Crippen molar-refractivity contribution in [2.45, 2.75) is 26.2 Å². The van der Waals surface area contributed by atoms with Crippen LogP contribution in [0.1, 0.15) is 22.4 Å². The molecule has 1 aromatic heterocycles. The van der Waals surface area contributed by atoms with Crippen LogP contribution in [0.5, 0.6) is 11.5 Å². The summed E-state index contributed by atoms with van der Waals surface area (Å²) in [5.74, 6) is 1.80. The van der Waals surface area contributed by atoms with Crippen LogP contribution in [0.3, 0.4) is 0 Å². The Morgan fingerprint density at radius 1 is 0.871 bits per heavy atom. The van der Waals surface area contributed by atoms with Crippen molar-refractivity contribution < 1.29 is 22.6 Å². The van der Waals surface area contributed by atoms with Crippen LogP contribution in [0.25, 0.3) is 0 Å². The lowest BCUT2D eigenvalue weighted by Crippen LogP contribution is -2.24. The highest BCUT2D eigenvalue weighted by molar-refractivity contribution is 6.31. The van der Waals surface area contributed by atoms with Gasteiger partial charge in [0.15, 0.2) is 0 Å². The van der Waals surface area contributed by atoms with Crippen molar-refractivity contribution in [2.75, 3.05) is 19.1 Å². The third-order valence-electron chi connectivity index (χ3n) is 4.81. The second kappa shape index (κ2) is 9.47. The Morgan fingerprint density at radius 3 is 1.68 bits per heavy atom. The molecule has 164 valence electrons. The highest BCUT2D eigenvalue weighted by Gasteiger charge is 2.36. The second-order valence-electron chi connectivity index (χ2n) is 6.97. The smallest absolute Gasteiger partial charge is 0.419 e. The van der Waals surface area contributed by atoms with Crippen molar-refractivity contribution in [1.29, 1.82) is 0 Å². The molecular weight excluding hydrogens is 429 g/mol. The highest BCUT2D eigenvalue weighted by Crippen LogP contribution is 2.38. The van der Waals surface area contributed by atoms with Crippen LogP contribution >= 0.6 is 11.6 Å². The van der Waals surface area contributed by atoms with Gasteiger partial charge in [-0.1, -0.05) is 35.9 Å². The Hall–Kier alpha value is -2.93. The number of anilines is 1. The summed E-state index contributed by atoms with van der Waals surface area (Å²) in [4.78, 5) is 6.11. The standard InChI is InChI=1S/C23H22ClF3N2O2/c1-15-22(23(25,26)27)20(24)12-21(28-15)29(13-16-4-8-18(30-2)9-5-16)14-17-6-10-19(31-3)11-7-17/h4-12H,13-14H2,1-3H3. The van der Waals surface area contributed by atoms with E-state index in [0.29, 0.717) is 18.9 Å². The Morgan fingerprint density at radius 2 is 1.32 bits per heavy atom. The molecule has 8 heteroatoms. The molecular formula is C23H22ClF3N2O2. The van der Waals surface area contributed by atoms with Crippen LogP contribution in [0, 0.1) is 6.92 Å². The van der Waals surface area contributed by atoms with Crippen molar-refractivity contribution in [3.63, 3.8) is 0 Å². The lowest BCUT2D eigenvalue weighted by molar-refractivity contribution is -0.138. The highest BCUT2D eigenvalue weighted by atomic mass is 35.5. The summed E-state index contributed by atoms with van der Waals surface area (Å²) in [5.41, 5.74) is 0.825. The normalized spacial score (nSPS) is 11.3. The average molecular weight is 451 g/mol. The molecule has 0 aliphatic rings. The largest absolute Gasteiger partial charge is 0.497 e. The lowest BCUT2D eigenvalue weighted by Gasteiger charge is -2.26. The fourth-order valence-electron chi connectivity index (χ4n) is 3.24. The van der Waals surface area contributed by atoms with Gasteiger partial charge in [0.05, 0.1) is 30.5 Å². The molecule has 0 atom stereocenters. The van der Waals surface area contributed by atoms with Crippen LogP contribution < -0.4 is 14.4 Å². The van der Waals surface area contributed by atoms with Gasteiger partial charge in [-0.2, -0.15) is 13.2 Å². The molecule has 2 aromatic carbocycles. The minimum atomic E-state index is -4.57. The predicted octanol–water partition coefficient (Wildman–Crippen LogP) is 6.29. The number of hydrogen-bond acceptors (Lipinski definition) is 4. The first-order chi connectivity index (χ1) is 14.7. The van der Waals surface area contributed by atoms with Crippen LogP contribution in [-0.2, 0) is 19.3 Å². The predicted molar refractivity (Wildman–Crippen MR) is 115 cm³/mol. The van der Waals surface area contributed by atoms with Gasteiger partial charge < -0.3 is 14.4 Å². The second-order valence-corrected chi connectivity index (χ2v) is 7.38. The first-order valence-electron chi connectivity index (χ1n) is 9.46. The Kier molecular flexibility index (Phi) is 6.95. The molecule has 0 aliphatic carbocycles. The molecule has 4 nitrogen and oxygen atoms in total. The minimum absolute atomic E-state index is 0.163. The minimum Gasteiger partial charge on any atom is -0.497 e. The zero-order valence-corrected chi connectivity index (χ0v) is 18.1. The number of aromatic nitrogens is 1. The first kappa shape index (κ1) is 22.7. The van der Waals surface area contributed by atoms with Gasteiger partial charge in [-0.15, -0.1) is 0 Å². The third-order valence-corrected chi connectivity index (χ3v) is 5.11. The number of benzene rings is 2. The van der Waals surface area contributed by atoms with Gasteiger partial charge in [0.1, 0.15) is 17.3 Å². The van der Waals surface area contributed by atoms with Crippen molar-refractivity contribution >= 4 is 17.4 Å². The molecule has 0 saturated carbocycles. The van der Waals surface area contributed by atoms with Gasteiger partial charge >= 0.3 is 6.18 Å². The lowest BCUT2D eigenvalue weighted by atomic mass is 10.1. The summed E-state index contributed by atoms with van der Waals surface area (Å²) in [5, 5.41) is -0.371. The number of methoxy groups -OCH3 is 2. The van der Waals surface area contributed by atoms with E-state index in [9.17, 15) is 13.2 Å². The Labute approximate surface area is 184 Å². The van der Waals surface area contributed by atoms with E-state index in [-0.39, 0.29) is 10.7 Å². The van der Waals surface area contributed by atoms with E-state index in [2.05, 4.69) is 4.98 Å². The molecule has 0 N–H and O–H groups in total. The van der Waals surface area contributed by atoms with E-state index in [1.807, 2.05) is 53.4 Å². The maximum absolute atomic E-state index is 13.3. The van der Waals surface area contributed by atoms with Crippen molar-refractivity contribution in [1.82, 2.24) is 4.98 Å². The van der Waals surface area contributed by atoms with E-state index in [1.165, 1.54) is 13.0 Å². The van der Waals surface area contributed by atoms with Gasteiger partial charge in [-0.3, -0.25) is 0 Å². The number of ether oxygens (including phenoxy) is 2. The van der Waals surface area contributed by atoms with E-state index in [4.69, 9.17) is 21.1 Å². The summed E-state index contributed by atoms with van der Waals surface area (Å²) >= 11 is 6.03. The molecule has 0 fully saturated rings. The molecule has 31 heavy (non-hydrogen) atoms.